The highest BCUT2D eigenvalue weighted by atomic mass is 15.2. The lowest BCUT2D eigenvalue weighted by Crippen LogP contribution is -2.44. The fourth-order valence-electron chi connectivity index (χ4n) is 4.87. The lowest BCUT2D eigenvalue weighted by molar-refractivity contribution is 0.313. The van der Waals surface area contributed by atoms with Gasteiger partial charge in [0.1, 0.15) is 11.3 Å². The molecule has 1 aliphatic rings. The third kappa shape index (κ3) is 4.15. The number of rotatable bonds is 6. The van der Waals surface area contributed by atoms with Gasteiger partial charge in [0.25, 0.3) is 0 Å². The van der Waals surface area contributed by atoms with Crippen molar-refractivity contribution < 1.29 is 0 Å². The molecule has 0 saturated carbocycles. The van der Waals surface area contributed by atoms with Crippen LogP contribution in [0.3, 0.4) is 0 Å². The Labute approximate surface area is 204 Å². The highest BCUT2D eigenvalue weighted by Gasteiger charge is 2.19. The number of fused-ring (bicyclic) bond motifs is 2. The molecule has 3 N–H and O–H groups in total. The topological polar surface area (TPSA) is 88.8 Å². The Balaban J connectivity index is 1.38. The zero-order valence-electron chi connectivity index (χ0n) is 20.2. The molecule has 35 heavy (non-hydrogen) atoms. The molecule has 1 saturated heterocycles. The number of H-pyrrole nitrogens is 2. The van der Waals surface area contributed by atoms with Crippen LogP contribution in [0.5, 0.6) is 0 Å². The predicted octanol–water partition coefficient (Wildman–Crippen LogP) is 4.03. The molecule has 0 atom stereocenters. The second-order valence-corrected chi connectivity index (χ2v) is 9.26. The Bertz CT molecular complexity index is 1480. The van der Waals surface area contributed by atoms with Gasteiger partial charge in [0.2, 0.25) is 0 Å². The monoisotopic (exact) mass is 466 g/mol. The van der Waals surface area contributed by atoms with Crippen molar-refractivity contribution >= 4 is 27.6 Å². The molecule has 4 aromatic heterocycles. The minimum atomic E-state index is 0.814. The normalized spacial score (nSPS) is 14.9. The number of aromatic nitrogens is 5. The van der Waals surface area contributed by atoms with E-state index in [2.05, 4.69) is 90.6 Å². The van der Waals surface area contributed by atoms with Gasteiger partial charge in [-0.15, -0.1) is 0 Å². The van der Waals surface area contributed by atoms with Gasteiger partial charge >= 0.3 is 0 Å². The van der Waals surface area contributed by atoms with E-state index in [9.17, 15) is 0 Å². The summed E-state index contributed by atoms with van der Waals surface area (Å²) >= 11 is 0. The van der Waals surface area contributed by atoms with Crippen LogP contribution < -0.4 is 10.2 Å². The van der Waals surface area contributed by atoms with E-state index in [1.807, 2.05) is 18.6 Å². The Hall–Kier alpha value is -3.75. The molecule has 5 aromatic rings. The van der Waals surface area contributed by atoms with Gasteiger partial charge in [-0.3, -0.25) is 10.1 Å². The predicted molar refractivity (Wildman–Crippen MR) is 142 cm³/mol. The summed E-state index contributed by atoms with van der Waals surface area (Å²) in [5, 5.41) is 13.5. The third-order valence-corrected chi connectivity index (χ3v) is 6.88. The van der Waals surface area contributed by atoms with Crippen LogP contribution in [0.2, 0.25) is 0 Å². The van der Waals surface area contributed by atoms with Crippen molar-refractivity contribution in [3.05, 3.63) is 60.6 Å². The maximum Gasteiger partial charge on any atom is 0.139 e. The molecule has 0 bridgehead atoms. The first-order valence-electron chi connectivity index (χ1n) is 12.2. The number of pyridine rings is 2. The minimum Gasteiger partial charge on any atom is -0.368 e. The molecule has 0 unspecified atom stereocenters. The van der Waals surface area contributed by atoms with Crippen molar-refractivity contribution in [2.45, 2.75) is 13.5 Å². The summed E-state index contributed by atoms with van der Waals surface area (Å²) in [6.07, 6.45) is 5.74. The van der Waals surface area contributed by atoms with Crippen molar-refractivity contribution in [2.75, 3.05) is 44.7 Å². The highest BCUT2D eigenvalue weighted by molar-refractivity contribution is 5.99. The zero-order chi connectivity index (χ0) is 23.8. The van der Waals surface area contributed by atoms with Crippen LogP contribution in [0.1, 0.15) is 12.5 Å². The smallest absolute Gasteiger partial charge is 0.139 e. The number of nitrogens with zero attached hydrogens (tertiary/aromatic N) is 5. The number of likely N-dealkylation sites (N-methyl/N-ethyl adjacent to an activating group) is 1. The quantitative estimate of drug-likeness (QED) is 0.350. The van der Waals surface area contributed by atoms with Crippen molar-refractivity contribution in [1.82, 2.24) is 35.4 Å². The average Bonchev–Trinajstić information content (AvgIpc) is 3.51. The maximum absolute atomic E-state index is 4.68. The van der Waals surface area contributed by atoms with E-state index >= 15 is 0 Å². The van der Waals surface area contributed by atoms with E-state index in [0.717, 1.165) is 83.7 Å². The molecule has 1 aliphatic heterocycles. The lowest BCUT2D eigenvalue weighted by Gasteiger charge is -2.34. The van der Waals surface area contributed by atoms with Crippen molar-refractivity contribution in [3.8, 4) is 22.5 Å². The number of piperazine rings is 1. The Morgan fingerprint density at radius 1 is 0.971 bits per heavy atom. The van der Waals surface area contributed by atoms with E-state index in [1.165, 1.54) is 11.3 Å². The summed E-state index contributed by atoms with van der Waals surface area (Å²) in [4.78, 5) is 17.4. The van der Waals surface area contributed by atoms with Crippen LogP contribution >= 0.6 is 0 Å². The van der Waals surface area contributed by atoms with Crippen LogP contribution in [0.25, 0.3) is 44.5 Å². The largest absolute Gasteiger partial charge is 0.368 e. The molecular formula is C27H30N8. The van der Waals surface area contributed by atoms with Gasteiger partial charge in [0.05, 0.1) is 11.2 Å². The van der Waals surface area contributed by atoms with Crippen molar-refractivity contribution in [2.24, 2.45) is 0 Å². The molecule has 0 aliphatic carbocycles. The molecule has 1 fully saturated rings. The first-order valence-corrected chi connectivity index (χ1v) is 12.2. The summed E-state index contributed by atoms with van der Waals surface area (Å²) < 4.78 is 0. The van der Waals surface area contributed by atoms with Crippen LogP contribution in [0.15, 0.2) is 55.0 Å². The summed E-state index contributed by atoms with van der Waals surface area (Å²) in [7, 11) is 2.18. The van der Waals surface area contributed by atoms with Gasteiger partial charge < -0.3 is 20.1 Å². The summed E-state index contributed by atoms with van der Waals surface area (Å²) in [6, 6.07) is 12.9. The molecule has 1 aromatic carbocycles. The third-order valence-electron chi connectivity index (χ3n) is 6.88. The molecule has 8 nitrogen and oxygen atoms in total. The fraction of sp³-hybridized carbons (Fsp3) is 0.296. The van der Waals surface area contributed by atoms with Gasteiger partial charge in [-0.1, -0.05) is 13.0 Å². The number of aromatic amines is 2. The van der Waals surface area contributed by atoms with Crippen LogP contribution in [-0.4, -0.2) is 69.8 Å². The number of hydrogen-bond acceptors (Lipinski definition) is 6. The number of benzene rings is 1. The maximum atomic E-state index is 4.68. The number of nitrogens with one attached hydrogen (secondary N) is 3. The average molecular weight is 467 g/mol. The molecule has 0 amide bonds. The van der Waals surface area contributed by atoms with Gasteiger partial charge in [-0.2, -0.15) is 5.10 Å². The Morgan fingerprint density at radius 3 is 2.71 bits per heavy atom. The SMILES string of the molecule is CCNCc1cncc(-c2ccc3[nH]nc(-c4cc5c(N6CCN(C)CC6)ccnc5[nH]4)c3c2)c1. The molecule has 0 spiro atoms. The molecule has 5 heterocycles. The van der Waals surface area contributed by atoms with E-state index in [0.29, 0.717) is 0 Å². The van der Waals surface area contributed by atoms with Crippen LogP contribution in [0, 0.1) is 0 Å². The minimum absolute atomic E-state index is 0.814. The number of anilines is 1. The van der Waals surface area contributed by atoms with E-state index in [-0.39, 0.29) is 0 Å². The van der Waals surface area contributed by atoms with Gasteiger partial charge in [-0.05, 0) is 55.1 Å². The summed E-state index contributed by atoms with van der Waals surface area (Å²) in [5.41, 5.74) is 8.40. The van der Waals surface area contributed by atoms with Crippen LogP contribution in [-0.2, 0) is 6.54 Å². The Morgan fingerprint density at radius 2 is 1.86 bits per heavy atom. The lowest BCUT2D eigenvalue weighted by atomic mass is 10.0. The molecule has 8 heteroatoms. The Kier molecular flexibility index (Phi) is 5.67. The molecular weight excluding hydrogens is 436 g/mol. The van der Waals surface area contributed by atoms with E-state index in [4.69, 9.17) is 0 Å². The van der Waals surface area contributed by atoms with Gasteiger partial charge in [0.15, 0.2) is 0 Å². The van der Waals surface area contributed by atoms with Gasteiger partial charge in [0, 0.05) is 73.3 Å². The summed E-state index contributed by atoms with van der Waals surface area (Å²) in [5.74, 6) is 0. The van der Waals surface area contributed by atoms with Crippen molar-refractivity contribution in [1.29, 1.82) is 0 Å². The van der Waals surface area contributed by atoms with Crippen LogP contribution in [0.4, 0.5) is 5.69 Å². The number of hydrogen-bond donors (Lipinski definition) is 3. The van der Waals surface area contributed by atoms with E-state index in [1.54, 1.807) is 0 Å². The molecule has 6 rings (SSSR count). The second-order valence-electron chi connectivity index (χ2n) is 9.26. The zero-order valence-corrected chi connectivity index (χ0v) is 20.2. The van der Waals surface area contributed by atoms with Crippen molar-refractivity contribution in [3.63, 3.8) is 0 Å². The molecule has 0 radical (unpaired) electrons. The van der Waals surface area contributed by atoms with E-state index < -0.39 is 0 Å². The van der Waals surface area contributed by atoms with Gasteiger partial charge in [-0.25, -0.2) is 4.98 Å². The second kappa shape index (κ2) is 9.13. The first-order chi connectivity index (χ1) is 17.2. The standard InChI is InChI=1S/C27H30N8/c1-3-28-15-18-12-20(17-29-16-18)19-4-5-23-21(13-19)26(33-32-23)24-14-22-25(6-7-30-27(22)31-24)35-10-8-34(2)9-11-35/h4-7,12-14,16-17,28H,3,8-11,15H2,1-2H3,(H,30,31)(H,32,33). The highest BCUT2D eigenvalue weighted by Crippen LogP contribution is 2.34. The first kappa shape index (κ1) is 21.8. The summed E-state index contributed by atoms with van der Waals surface area (Å²) in [6.45, 7) is 8.03. The molecule has 178 valence electrons. The fourth-order valence-corrected chi connectivity index (χ4v) is 4.87.